The first-order valence-electron chi connectivity index (χ1n) is 6.33. The second-order valence-corrected chi connectivity index (χ2v) is 4.84. The number of hydrogen-bond donors (Lipinski definition) is 2. The van der Waals surface area contributed by atoms with Gasteiger partial charge in [-0.1, -0.05) is 0 Å². The van der Waals surface area contributed by atoms with E-state index in [2.05, 4.69) is 10.1 Å². The zero-order chi connectivity index (χ0) is 15.3. The van der Waals surface area contributed by atoms with Crippen LogP contribution < -0.4 is 16.0 Å². The molecule has 1 aromatic rings. The zero-order valence-electron chi connectivity index (χ0n) is 12.3. The van der Waals surface area contributed by atoms with Crippen LogP contribution in [-0.2, 0) is 9.53 Å². The van der Waals surface area contributed by atoms with E-state index in [0.717, 1.165) is 0 Å². The van der Waals surface area contributed by atoms with Crippen LogP contribution in [-0.4, -0.2) is 38.6 Å². The number of nitrogens with zero attached hydrogens (tertiary/aromatic N) is 1. The Hall–Kier alpha value is -2.24. The number of anilines is 2. The summed E-state index contributed by atoms with van der Waals surface area (Å²) in [4.78, 5) is 24.9. The molecule has 0 spiro atoms. The van der Waals surface area contributed by atoms with Crippen molar-refractivity contribution in [2.45, 2.75) is 19.9 Å². The maximum atomic E-state index is 11.7. The average Bonchev–Trinajstić information content (AvgIpc) is 2.37. The van der Waals surface area contributed by atoms with E-state index in [1.807, 2.05) is 13.8 Å². The molecule has 0 saturated heterocycles. The molecule has 1 aromatic carbocycles. The van der Waals surface area contributed by atoms with E-state index in [9.17, 15) is 9.59 Å². The Labute approximate surface area is 118 Å². The molecule has 6 nitrogen and oxygen atoms in total. The Bertz CT molecular complexity index is 500. The normalized spacial score (nSPS) is 10.2. The number of ether oxygens (including phenoxy) is 1. The lowest BCUT2D eigenvalue weighted by Gasteiger charge is -2.21. The van der Waals surface area contributed by atoms with Gasteiger partial charge in [0.05, 0.1) is 30.6 Å². The van der Waals surface area contributed by atoms with Crippen molar-refractivity contribution in [2.75, 3.05) is 31.3 Å². The third kappa shape index (κ3) is 4.15. The molecular weight excluding hydrogens is 258 g/mol. The third-order valence-corrected chi connectivity index (χ3v) is 2.69. The highest BCUT2D eigenvalue weighted by Gasteiger charge is 2.14. The van der Waals surface area contributed by atoms with E-state index in [4.69, 9.17) is 5.73 Å². The number of rotatable bonds is 5. The number of nitrogen functional groups attached to an aromatic ring is 1. The number of carbonyl (C=O) groups excluding carboxylic acids is 2. The molecule has 0 fully saturated rings. The smallest absolute Gasteiger partial charge is 0.337 e. The molecule has 0 heterocycles. The fourth-order valence-corrected chi connectivity index (χ4v) is 1.79. The molecule has 6 heteroatoms. The number of likely N-dealkylation sites (N-methyl/N-ethyl adjacent to an activating group) is 1. The summed E-state index contributed by atoms with van der Waals surface area (Å²) in [7, 11) is 3.06. The predicted octanol–water partition coefficient (Wildman–Crippen LogP) is 1.02. The Kier molecular flexibility index (Phi) is 5.37. The van der Waals surface area contributed by atoms with Gasteiger partial charge in [0.2, 0.25) is 5.91 Å². The summed E-state index contributed by atoms with van der Waals surface area (Å²) < 4.78 is 4.67. The lowest BCUT2D eigenvalue weighted by Crippen LogP contribution is -2.38. The van der Waals surface area contributed by atoms with Crippen molar-refractivity contribution in [3.8, 4) is 0 Å². The van der Waals surface area contributed by atoms with Crippen LogP contribution in [0.1, 0.15) is 24.2 Å². The lowest BCUT2D eigenvalue weighted by molar-refractivity contribution is -0.120. The number of nitrogens with one attached hydrogen (secondary N) is 1. The Balaban J connectivity index is 2.89. The number of hydrogen-bond acceptors (Lipinski definition) is 5. The highest BCUT2D eigenvalue weighted by molar-refractivity contribution is 5.92. The van der Waals surface area contributed by atoms with E-state index in [1.165, 1.54) is 7.11 Å². The summed E-state index contributed by atoms with van der Waals surface area (Å²) in [6.07, 6.45) is 0. The summed E-state index contributed by atoms with van der Waals surface area (Å²) in [5.41, 5.74) is 7.39. The Morgan fingerprint density at radius 3 is 2.60 bits per heavy atom. The molecule has 0 unspecified atom stereocenters. The van der Waals surface area contributed by atoms with Crippen molar-refractivity contribution in [1.82, 2.24) is 5.32 Å². The molecule has 0 aliphatic carbocycles. The zero-order valence-corrected chi connectivity index (χ0v) is 12.3. The summed E-state index contributed by atoms with van der Waals surface area (Å²) in [5.74, 6) is -0.545. The van der Waals surface area contributed by atoms with Gasteiger partial charge in [-0.2, -0.15) is 0 Å². The van der Waals surface area contributed by atoms with Gasteiger partial charge < -0.3 is 20.7 Å². The number of benzene rings is 1. The van der Waals surface area contributed by atoms with Crippen LogP contribution in [0.2, 0.25) is 0 Å². The van der Waals surface area contributed by atoms with E-state index >= 15 is 0 Å². The van der Waals surface area contributed by atoms with Gasteiger partial charge in [-0.05, 0) is 32.0 Å². The Morgan fingerprint density at radius 1 is 1.40 bits per heavy atom. The van der Waals surface area contributed by atoms with Gasteiger partial charge in [0.25, 0.3) is 0 Å². The highest BCUT2D eigenvalue weighted by Crippen LogP contribution is 2.23. The molecule has 110 valence electrons. The number of nitrogens with two attached hydrogens (primary N) is 1. The molecule has 0 atom stereocenters. The second-order valence-electron chi connectivity index (χ2n) is 4.84. The molecule has 0 aromatic heterocycles. The molecular formula is C14H21N3O3. The first-order chi connectivity index (χ1) is 9.35. The van der Waals surface area contributed by atoms with Crippen molar-refractivity contribution in [3.05, 3.63) is 23.8 Å². The molecule has 0 saturated carbocycles. The largest absolute Gasteiger partial charge is 0.465 e. The molecule has 3 N–H and O–H groups in total. The van der Waals surface area contributed by atoms with Gasteiger partial charge in [0, 0.05) is 13.1 Å². The van der Waals surface area contributed by atoms with E-state index in [-0.39, 0.29) is 18.5 Å². The fourth-order valence-electron chi connectivity index (χ4n) is 1.79. The lowest BCUT2D eigenvalue weighted by atomic mass is 10.1. The second kappa shape index (κ2) is 6.79. The minimum atomic E-state index is -0.439. The molecule has 0 aliphatic heterocycles. The Morgan fingerprint density at radius 2 is 2.05 bits per heavy atom. The summed E-state index contributed by atoms with van der Waals surface area (Å²) >= 11 is 0. The van der Waals surface area contributed by atoms with Crippen LogP contribution in [0.25, 0.3) is 0 Å². The van der Waals surface area contributed by atoms with Crippen LogP contribution in [0.5, 0.6) is 0 Å². The molecule has 0 bridgehead atoms. The van der Waals surface area contributed by atoms with Crippen molar-refractivity contribution in [1.29, 1.82) is 0 Å². The molecule has 1 rings (SSSR count). The van der Waals surface area contributed by atoms with Crippen LogP contribution in [0, 0.1) is 0 Å². The van der Waals surface area contributed by atoms with E-state index < -0.39 is 5.97 Å². The molecule has 1 amide bonds. The van der Waals surface area contributed by atoms with Gasteiger partial charge >= 0.3 is 5.97 Å². The molecule has 0 radical (unpaired) electrons. The maximum Gasteiger partial charge on any atom is 0.337 e. The highest BCUT2D eigenvalue weighted by atomic mass is 16.5. The van der Waals surface area contributed by atoms with Crippen LogP contribution in [0.4, 0.5) is 11.4 Å². The van der Waals surface area contributed by atoms with Crippen molar-refractivity contribution >= 4 is 23.3 Å². The summed E-state index contributed by atoms with van der Waals surface area (Å²) in [6.45, 7) is 3.95. The first-order valence-corrected chi connectivity index (χ1v) is 6.33. The van der Waals surface area contributed by atoms with E-state index in [1.54, 1.807) is 30.1 Å². The van der Waals surface area contributed by atoms with Gasteiger partial charge in [-0.25, -0.2) is 4.79 Å². The standard InChI is InChI=1S/C14H21N3O3/c1-9(2)16-13(18)8-17(3)12-7-10(14(19)20-4)5-6-11(12)15/h5-7,9H,8,15H2,1-4H3,(H,16,18). The summed E-state index contributed by atoms with van der Waals surface area (Å²) in [5, 5.41) is 2.80. The van der Waals surface area contributed by atoms with Gasteiger partial charge in [0.15, 0.2) is 0 Å². The van der Waals surface area contributed by atoms with Crippen LogP contribution >= 0.6 is 0 Å². The average molecular weight is 279 g/mol. The van der Waals surface area contributed by atoms with Crippen LogP contribution in [0.15, 0.2) is 18.2 Å². The van der Waals surface area contributed by atoms with Crippen LogP contribution in [0.3, 0.4) is 0 Å². The van der Waals surface area contributed by atoms with Gasteiger partial charge in [0.1, 0.15) is 0 Å². The number of amides is 1. The maximum absolute atomic E-state index is 11.7. The number of carbonyl (C=O) groups is 2. The quantitative estimate of drug-likeness (QED) is 0.621. The van der Waals surface area contributed by atoms with E-state index in [0.29, 0.717) is 16.9 Å². The summed E-state index contributed by atoms with van der Waals surface area (Å²) in [6, 6.07) is 4.91. The van der Waals surface area contributed by atoms with Gasteiger partial charge in [-0.3, -0.25) is 4.79 Å². The number of methoxy groups -OCH3 is 1. The van der Waals surface area contributed by atoms with Crippen molar-refractivity contribution in [3.63, 3.8) is 0 Å². The predicted molar refractivity (Wildman–Crippen MR) is 78.7 cm³/mol. The SMILES string of the molecule is COC(=O)c1ccc(N)c(N(C)CC(=O)NC(C)C)c1. The van der Waals surface area contributed by atoms with Gasteiger partial charge in [-0.15, -0.1) is 0 Å². The minimum Gasteiger partial charge on any atom is -0.465 e. The molecule has 0 aliphatic rings. The molecule has 20 heavy (non-hydrogen) atoms. The monoisotopic (exact) mass is 279 g/mol. The third-order valence-electron chi connectivity index (χ3n) is 2.69. The topological polar surface area (TPSA) is 84.7 Å². The minimum absolute atomic E-state index is 0.0784. The van der Waals surface area contributed by atoms with Crippen molar-refractivity contribution < 1.29 is 14.3 Å². The fraction of sp³-hybridized carbons (Fsp3) is 0.429. The number of esters is 1. The first kappa shape index (κ1) is 15.8. The van der Waals surface area contributed by atoms with Crippen molar-refractivity contribution in [2.24, 2.45) is 0 Å².